The van der Waals surface area contributed by atoms with Gasteiger partial charge in [0.15, 0.2) is 0 Å². The van der Waals surface area contributed by atoms with E-state index in [9.17, 15) is 19.2 Å². The summed E-state index contributed by atoms with van der Waals surface area (Å²) in [5, 5.41) is 3.09. The van der Waals surface area contributed by atoms with E-state index in [2.05, 4.69) is 53.5 Å². The lowest BCUT2D eigenvalue weighted by atomic mass is 9.78. The molecule has 5 saturated heterocycles. The van der Waals surface area contributed by atoms with Crippen LogP contribution in [0.15, 0.2) is 40.1 Å². The molecule has 1 spiro atoms. The van der Waals surface area contributed by atoms with Gasteiger partial charge in [-0.3, -0.25) is 24.4 Å². The lowest BCUT2D eigenvalue weighted by Crippen LogP contribution is -2.57. The monoisotopic (exact) mass is 947 g/mol. The Kier molecular flexibility index (Phi) is 14.4. The van der Waals surface area contributed by atoms with E-state index in [4.69, 9.17) is 19.5 Å². The van der Waals surface area contributed by atoms with Crippen molar-refractivity contribution in [2.24, 2.45) is 33.7 Å². The summed E-state index contributed by atoms with van der Waals surface area (Å²) >= 11 is 0. The summed E-state index contributed by atoms with van der Waals surface area (Å²) in [5.41, 5.74) is 11.1. The average molecular weight is 947 g/mol. The summed E-state index contributed by atoms with van der Waals surface area (Å²) in [7, 11) is 0. The number of urea groups is 1. The van der Waals surface area contributed by atoms with Gasteiger partial charge in [0, 0.05) is 107 Å². The van der Waals surface area contributed by atoms with Crippen molar-refractivity contribution in [3.8, 4) is 0 Å². The Balaban J connectivity index is 0.776. The first-order valence-electron chi connectivity index (χ1n) is 27.0. The van der Waals surface area contributed by atoms with Crippen LogP contribution in [0.5, 0.6) is 0 Å². The van der Waals surface area contributed by atoms with E-state index in [0.29, 0.717) is 65.1 Å². The maximum absolute atomic E-state index is 14.3. The van der Waals surface area contributed by atoms with Crippen molar-refractivity contribution in [2.75, 3.05) is 83.7 Å². The Labute approximate surface area is 410 Å². The van der Waals surface area contributed by atoms with Crippen LogP contribution in [0.3, 0.4) is 0 Å². The molecule has 0 radical (unpaired) electrons. The Bertz CT molecular complexity index is 2240. The summed E-state index contributed by atoms with van der Waals surface area (Å²) in [6.45, 7) is 16.1. The van der Waals surface area contributed by atoms with Gasteiger partial charge in [0.2, 0.25) is 17.7 Å². The van der Waals surface area contributed by atoms with Gasteiger partial charge < -0.3 is 39.3 Å². The number of fused-ring (bicyclic) bond motifs is 2. The average Bonchev–Trinajstić information content (AvgIpc) is 4.24. The Hall–Kier alpha value is -4.56. The van der Waals surface area contributed by atoms with Gasteiger partial charge in [-0.25, -0.2) is 4.79 Å². The molecule has 7 aliphatic heterocycles. The van der Waals surface area contributed by atoms with Crippen molar-refractivity contribution >= 4 is 46.4 Å². The number of nitrogens with one attached hydrogen (secondary N) is 1. The molecule has 6 fully saturated rings. The molecule has 9 aliphatic rings. The van der Waals surface area contributed by atoms with Crippen LogP contribution in [0.4, 0.5) is 10.5 Å². The topological polar surface area (TPSA) is 140 Å². The van der Waals surface area contributed by atoms with Crippen molar-refractivity contribution < 1.29 is 28.7 Å². The Morgan fingerprint density at radius 2 is 1.32 bits per heavy atom. The van der Waals surface area contributed by atoms with Gasteiger partial charge >= 0.3 is 6.03 Å². The maximum Gasteiger partial charge on any atom is 0.318 e. The van der Waals surface area contributed by atoms with Crippen molar-refractivity contribution in [1.29, 1.82) is 0 Å². The molecular weight excluding hydrogens is 869 g/mol. The van der Waals surface area contributed by atoms with Gasteiger partial charge in [-0.15, -0.1) is 0 Å². The molecule has 2 aliphatic carbocycles. The number of carbonyl (C=O) groups excluding carboxylic acids is 4. The number of aliphatic imine (C=N–C) groups is 2. The van der Waals surface area contributed by atoms with Crippen LogP contribution in [0.25, 0.3) is 5.57 Å². The minimum Gasteiger partial charge on any atom is -0.378 e. The molecule has 0 aromatic heterocycles. The number of anilines is 1. The zero-order valence-corrected chi connectivity index (χ0v) is 42.0. The third-order valence-corrected chi connectivity index (χ3v) is 17.7. The molecule has 1 N–H and O–H groups in total. The lowest BCUT2D eigenvalue weighted by molar-refractivity contribution is -0.144. The SMILES string of the molecule is CC(C)[C@H](CC(=O)N1CCOCC1)C(=O)N1CCC[C@H]1C1=NC=C(c2ccc(N3CCC(C4=CN=C([C@@H]5CCCN5C(=O)[C@@H](NC(=O)N5CCOCC5)C(C)C)C4)CC3)c3c2CCC32CCCC2)C1. The third-order valence-electron chi connectivity index (χ3n) is 17.7. The number of carbonyl (C=O) groups is 4. The molecule has 374 valence electrons. The summed E-state index contributed by atoms with van der Waals surface area (Å²) in [6, 6.07) is 4.04. The second-order valence-corrected chi connectivity index (χ2v) is 22.4. The number of nitrogens with zero attached hydrogens (tertiary/aromatic N) is 7. The van der Waals surface area contributed by atoms with Crippen molar-refractivity contribution in [2.45, 2.75) is 148 Å². The van der Waals surface area contributed by atoms with Gasteiger partial charge in [0.25, 0.3) is 0 Å². The van der Waals surface area contributed by atoms with Gasteiger partial charge in [0.05, 0.1) is 38.5 Å². The number of morpholine rings is 2. The highest BCUT2D eigenvalue weighted by atomic mass is 16.5. The number of hydrogen-bond acceptors (Lipinski definition) is 9. The highest BCUT2D eigenvalue weighted by Gasteiger charge is 2.46. The first kappa shape index (κ1) is 48.1. The van der Waals surface area contributed by atoms with E-state index in [1.807, 2.05) is 23.6 Å². The van der Waals surface area contributed by atoms with E-state index in [1.165, 1.54) is 60.1 Å². The molecular formula is C55H78N8O6. The fourth-order valence-electron chi connectivity index (χ4n) is 13.7. The van der Waals surface area contributed by atoms with Gasteiger partial charge in [-0.2, -0.15) is 0 Å². The van der Waals surface area contributed by atoms with Gasteiger partial charge in [-0.05, 0) is 121 Å². The first-order valence-corrected chi connectivity index (χ1v) is 27.0. The minimum absolute atomic E-state index is 0.00642. The molecule has 0 bridgehead atoms. The molecule has 5 amide bonds. The third kappa shape index (κ3) is 9.66. The van der Waals surface area contributed by atoms with E-state index in [0.717, 1.165) is 88.8 Å². The number of piperidine rings is 1. The fourth-order valence-corrected chi connectivity index (χ4v) is 13.7. The van der Waals surface area contributed by atoms with Crippen molar-refractivity contribution in [3.63, 3.8) is 0 Å². The smallest absolute Gasteiger partial charge is 0.318 e. The van der Waals surface area contributed by atoms with Crippen LogP contribution >= 0.6 is 0 Å². The van der Waals surface area contributed by atoms with E-state index >= 15 is 0 Å². The largest absolute Gasteiger partial charge is 0.378 e. The summed E-state index contributed by atoms with van der Waals surface area (Å²) in [4.78, 5) is 75.5. The number of likely N-dealkylation sites (tertiary alicyclic amines) is 2. The summed E-state index contributed by atoms with van der Waals surface area (Å²) in [6.07, 6.45) is 19.5. The van der Waals surface area contributed by atoms with E-state index < -0.39 is 6.04 Å². The Morgan fingerprint density at radius 3 is 1.97 bits per heavy atom. The van der Waals surface area contributed by atoms with E-state index in [1.54, 1.807) is 10.5 Å². The predicted octanol–water partition coefficient (Wildman–Crippen LogP) is 7.14. The normalized spacial score (nSPS) is 25.9. The quantitative estimate of drug-likeness (QED) is 0.235. The molecule has 1 saturated carbocycles. The molecule has 7 heterocycles. The van der Waals surface area contributed by atoms with Crippen LogP contribution in [-0.2, 0) is 35.7 Å². The molecule has 4 atom stereocenters. The zero-order valence-electron chi connectivity index (χ0n) is 42.0. The van der Waals surface area contributed by atoms with Gasteiger partial charge in [0.1, 0.15) is 6.04 Å². The fraction of sp³-hybridized carbons (Fsp3) is 0.709. The predicted molar refractivity (Wildman–Crippen MR) is 269 cm³/mol. The standard InChI is InChI=1S/C55H78N8O6/c1-36(2)43(33-49(64)60-23-27-68-28-24-60)52(65)62-19-7-9-46(62)45-32-40(35-57-45)41-11-12-48(50-42(41)13-18-55(50)16-5-6-17-55)59-21-14-38(15-22-59)39-31-44(56-34-39)47-10-8-20-63(47)53(66)51(37(3)4)58-54(67)61-25-29-69-30-26-61/h11-12,34-38,43,46-47,51H,5-10,13-33H2,1-4H3,(H,58,67)/t43-,46-,47-,51-/m0/s1. The van der Waals surface area contributed by atoms with Gasteiger partial charge in [-0.1, -0.05) is 46.6 Å². The number of ether oxygens (including phenoxy) is 2. The van der Waals surface area contributed by atoms with Crippen LogP contribution in [0.1, 0.15) is 134 Å². The van der Waals surface area contributed by atoms with Crippen LogP contribution in [0.2, 0.25) is 0 Å². The molecule has 14 nitrogen and oxygen atoms in total. The number of benzene rings is 1. The van der Waals surface area contributed by atoms with Crippen LogP contribution < -0.4 is 10.2 Å². The van der Waals surface area contributed by atoms with E-state index in [-0.39, 0.29) is 65.4 Å². The number of hydrogen-bond donors (Lipinski definition) is 1. The number of rotatable bonds is 12. The highest BCUT2D eigenvalue weighted by molar-refractivity contribution is 6.04. The molecule has 69 heavy (non-hydrogen) atoms. The molecule has 1 aromatic carbocycles. The second-order valence-electron chi connectivity index (χ2n) is 22.4. The molecule has 10 rings (SSSR count). The van der Waals surface area contributed by atoms with Crippen molar-refractivity contribution in [1.82, 2.24) is 24.9 Å². The minimum atomic E-state index is -0.576. The zero-order chi connectivity index (χ0) is 47.8. The number of allylic oxidation sites excluding steroid dienone is 2. The summed E-state index contributed by atoms with van der Waals surface area (Å²) < 4.78 is 10.9. The maximum atomic E-state index is 14.3. The highest BCUT2D eigenvalue weighted by Crippen LogP contribution is 2.55. The second kappa shape index (κ2) is 20.7. The van der Waals surface area contributed by atoms with Crippen molar-refractivity contribution in [3.05, 3.63) is 46.8 Å². The first-order chi connectivity index (χ1) is 33.5. The molecule has 1 aromatic rings. The molecule has 0 unspecified atom stereocenters. The van der Waals surface area contributed by atoms with Crippen LogP contribution in [0, 0.1) is 23.7 Å². The Morgan fingerprint density at radius 1 is 0.696 bits per heavy atom. The summed E-state index contributed by atoms with van der Waals surface area (Å²) in [5.74, 6) is 0.342. The lowest BCUT2D eigenvalue weighted by Gasteiger charge is -2.38. The van der Waals surface area contributed by atoms with Crippen LogP contribution in [-0.4, -0.2) is 152 Å². The molecule has 14 heteroatoms. The number of amides is 5.